The largest absolute Gasteiger partial charge is 0.0776 e. The van der Waals surface area contributed by atoms with Crippen molar-refractivity contribution in [2.45, 2.75) is 113 Å². The third-order valence-corrected chi connectivity index (χ3v) is 6.39. The Morgan fingerprint density at radius 2 is 0.500 bits per heavy atom. The maximum atomic E-state index is 2.31. The van der Waals surface area contributed by atoms with Crippen LogP contribution in [0.3, 0.4) is 0 Å². The lowest BCUT2D eigenvalue weighted by Crippen LogP contribution is -1.81. The molecule has 4 aromatic rings. The van der Waals surface area contributed by atoms with E-state index in [2.05, 4.69) is 100 Å². The van der Waals surface area contributed by atoms with E-state index in [4.69, 9.17) is 0 Å². The second kappa shape index (κ2) is 19.9. The molecule has 0 unspecified atom stereocenters. The minimum absolute atomic E-state index is 0. The Balaban J connectivity index is -0.000000254. The molecule has 0 heterocycles. The van der Waals surface area contributed by atoms with Gasteiger partial charge in [-0.15, -0.1) is 0 Å². The van der Waals surface area contributed by atoms with Gasteiger partial charge in [0.05, 0.1) is 0 Å². The van der Waals surface area contributed by atoms with Crippen molar-refractivity contribution < 1.29 is 0 Å². The molecule has 6 rings (SSSR count). The fourth-order valence-corrected chi connectivity index (χ4v) is 4.94. The van der Waals surface area contributed by atoms with Gasteiger partial charge in [0.1, 0.15) is 0 Å². The SMILES string of the molecule is C.C.C.C.C.C.CC.CC.Cc1ccc2c(c1)Cc1cc(C)ccc1-2.Cc1ccc2c(c1)Cc1cc(C)ccc1-2. The van der Waals surface area contributed by atoms with Crippen LogP contribution in [0.5, 0.6) is 0 Å². The van der Waals surface area contributed by atoms with Gasteiger partial charge in [-0.25, -0.2) is 0 Å². The zero-order valence-electron chi connectivity index (χ0n) is 22.3. The van der Waals surface area contributed by atoms with Crippen LogP contribution in [0.4, 0.5) is 0 Å². The summed E-state index contributed by atoms with van der Waals surface area (Å²) >= 11 is 0. The molecule has 0 atom stereocenters. The van der Waals surface area contributed by atoms with Gasteiger partial charge in [0, 0.05) is 0 Å². The third-order valence-electron chi connectivity index (χ3n) is 6.39. The monoisotopic (exact) mass is 545 g/mol. The van der Waals surface area contributed by atoms with Crippen LogP contribution in [0.15, 0.2) is 72.8 Å². The Bertz CT molecular complexity index is 1070. The van der Waals surface area contributed by atoms with E-state index in [0.717, 1.165) is 12.8 Å². The van der Waals surface area contributed by atoms with Crippen LogP contribution in [0, 0.1) is 27.7 Å². The molecule has 0 aromatic heterocycles. The minimum Gasteiger partial charge on any atom is -0.0776 e. The highest BCUT2D eigenvalue weighted by molar-refractivity contribution is 5.78. The van der Waals surface area contributed by atoms with Gasteiger partial charge in [-0.1, -0.05) is 167 Å². The van der Waals surface area contributed by atoms with Crippen LogP contribution in [0.2, 0.25) is 0 Å². The summed E-state index contributed by atoms with van der Waals surface area (Å²) < 4.78 is 0. The van der Waals surface area contributed by atoms with Gasteiger partial charge in [0.25, 0.3) is 0 Å². The van der Waals surface area contributed by atoms with Gasteiger partial charge in [-0.2, -0.15) is 0 Å². The van der Waals surface area contributed by atoms with Crippen LogP contribution in [0.25, 0.3) is 22.3 Å². The second-order valence-corrected chi connectivity index (χ2v) is 9.00. The predicted octanol–water partition coefficient (Wildman–Crippen LogP) is 13.6. The third kappa shape index (κ3) is 9.51. The molecule has 0 saturated carbocycles. The normalized spacial score (nSPS) is 9.60. The fourth-order valence-electron chi connectivity index (χ4n) is 4.94. The molecule has 0 nitrogen and oxygen atoms in total. The van der Waals surface area contributed by atoms with E-state index >= 15 is 0 Å². The van der Waals surface area contributed by atoms with Crippen LogP contribution in [-0.2, 0) is 12.8 Å². The van der Waals surface area contributed by atoms with Crippen molar-refractivity contribution in [2.24, 2.45) is 0 Å². The van der Waals surface area contributed by atoms with Gasteiger partial charge in [-0.05, 0) is 85.0 Å². The smallest absolute Gasteiger partial charge is 0.00133 e. The molecule has 0 N–H and O–H groups in total. The number of hydrogen-bond acceptors (Lipinski definition) is 0. The van der Waals surface area contributed by atoms with E-state index < -0.39 is 0 Å². The van der Waals surface area contributed by atoms with Crippen molar-refractivity contribution in [1.29, 1.82) is 0 Å². The highest BCUT2D eigenvalue weighted by atomic mass is 14.2. The van der Waals surface area contributed by atoms with E-state index in [1.54, 1.807) is 0 Å². The van der Waals surface area contributed by atoms with E-state index in [1.165, 1.54) is 66.8 Å². The number of aryl methyl sites for hydroxylation is 4. The summed E-state index contributed by atoms with van der Waals surface area (Å²) in [6.45, 7) is 16.6. The van der Waals surface area contributed by atoms with E-state index in [9.17, 15) is 0 Å². The van der Waals surface area contributed by atoms with Crippen molar-refractivity contribution in [3.8, 4) is 22.3 Å². The predicted molar refractivity (Wildman–Crippen MR) is 191 cm³/mol. The summed E-state index contributed by atoms with van der Waals surface area (Å²) in [5.74, 6) is 0. The Morgan fingerprint density at radius 3 is 0.675 bits per heavy atom. The summed E-state index contributed by atoms with van der Waals surface area (Å²) in [6.07, 6.45) is 2.21. The first kappa shape index (κ1) is 43.9. The van der Waals surface area contributed by atoms with E-state index in [1.807, 2.05) is 27.7 Å². The number of hydrogen-bond donors (Lipinski definition) is 0. The highest BCUT2D eigenvalue weighted by Gasteiger charge is 2.18. The number of rotatable bonds is 0. The Kier molecular flexibility index (Phi) is 21.8. The molecule has 2 aliphatic carbocycles. The van der Waals surface area contributed by atoms with Crippen LogP contribution in [0.1, 0.15) is 117 Å². The lowest BCUT2D eigenvalue weighted by molar-refractivity contribution is 1.24. The summed E-state index contributed by atoms with van der Waals surface area (Å²) in [6, 6.07) is 27.1. The fraction of sp³-hybridized carbons (Fsp3) is 0.400. The van der Waals surface area contributed by atoms with Crippen LogP contribution in [-0.4, -0.2) is 0 Å². The Hall–Kier alpha value is -3.12. The maximum absolute atomic E-state index is 2.31. The lowest BCUT2D eigenvalue weighted by atomic mass is 10.0. The number of fused-ring (bicyclic) bond motifs is 6. The van der Waals surface area contributed by atoms with E-state index in [-0.39, 0.29) is 44.6 Å². The first-order valence-corrected chi connectivity index (χ1v) is 12.9. The molecule has 0 bridgehead atoms. The van der Waals surface area contributed by atoms with Crippen molar-refractivity contribution in [1.82, 2.24) is 0 Å². The zero-order chi connectivity index (χ0) is 24.8. The van der Waals surface area contributed by atoms with E-state index in [0.29, 0.717) is 0 Å². The molecule has 224 valence electrons. The molecule has 0 saturated heterocycles. The van der Waals surface area contributed by atoms with Crippen LogP contribution < -0.4 is 0 Å². The summed E-state index contributed by atoms with van der Waals surface area (Å²) in [4.78, 5) is 0. The molecule has 4 aromatic carbocycles. The van der Waals surface area contributed by atoms with Crippen molar-refractivity contribution in [3.05, 3.63) is 117 Å². The minimum atomic E-state index is 0. The summed E-state index contributed by atoms with van der Waals surface area (Å²) in [5.41, 5.74) is 17.1. The standard InChI is InChI=1S/2C15H14.2C2H6.6CH4/c2*1-10-3-5-14-12(7-10)9-13-8-11(2)4-6-15(13)14;2*1-2;;;;;;/h2*3-8H,9H2,1-2H3;2*1-2H3;6*1H4. The molecule has 0 radical (unpaired) electrons. The van der Waals surface area contributed by atoms with Gasteiger partial charge >= 0.3 is 0 Å². The van der Waals surface area contributed by atoms with Gasteiger partial charge in [0.2, 0.25) is 0 Å². The number of benzene rings is 4. The molecule has 0 fully saturated rings. The Morgan fingerprint density at radius 1 is 0.325 bits per heavy atom. The first-order valence-electron chi connectivity index (χ1n) is 12.9. The second-order valence-electron chi connectivity index (χ2n) is 9.00. The molecular formula is C40H64. The molecule has 40 heavy (non-hydrogen) atoms. The molecule has 0 heteroatoms. The van der Waals surface area contributed by atoms with Crippen molar-refractivity contribution in [3.63, 3.8) is 0 Å². The summed E-state index contributed by atoms with van der Waals surface area (Å²) in [5, 5.41) is 0. The molecule has 2 aliphatic rings. The van der Waals surface area contributed by atoms with Crippen molar-refractivity contribution >= 4 is 0 Å². The highest BCUT2D eigenvalue weighted by Crippen LogP contribution is 2.38. The average molecular weight is 545 g/mol. The zero-order valence-corrected chi connectivity index (χ0v) is 22.3. The molecule has 0 amide bonds. The first-order chi connectivity index (χ1) is 16.5. The maximum Gasteiger partial charge on any atom is -0.00133 e. The van der Waals surface area contributed by atoms with Gasteiger partial charge in [-0.3, -0.25) is 0 Å². The molecule has 0 spiro atoms. The van der Waals surface area contributed by atoms with Gasteiger partial charge < -0.3 is 0 Å². The average Bonchev–Trinajstić information content (AvgIpc) is 3.37. The Labute approximate surface area is 251 Å². The lowest BCUT2D eigenvalue weighted by Gasteiger charge is -2.01. The molecule has 0 aliphatic heterocycles. The van der Waals surface area contributed by atoms with Crippen molar-refractivity contribution in [2.75, 3.05) is 0 Å². The topological polar surface area (TPSA) is 0 Å². The summed E-state index contributed by atoms with van der Waals surface area (Å²) in [7, 11) is 0. The van der Waals surface area contributed by atoms with Gasteiger partial charge in [0.15, 0.2) is 0 Å². The van der Waals surface area contributed by atoms with Crippen LogP contribution >= 0.6 is 0 Å². The quantitative estimate of drug-likeness (QED) is 0.178. The molecular weight excluding hydrogens is 480 g/mol.